The molecule has 0 saturated carbocycles. The lowest BCUT2D eigenvalue weighted by Crippen LogP contribution is -2.68. The number of aromatic nitrogens is 1. The van der Waals surface area contributed by atoms with Crippen molar-refractivity contribution < 1.29 is 38.0 Å². The highest BCUT2D eigenvalue weighted by atomic mass is 35.7. The van der Waals surface area contributed by atoms with Crippen LogP contribution in [0.2, 0.25) is 0 Å². The molecule has 1 saturated heterocycles. The zero-order valence-electron chi connectivity index (χ0n) is 20.2. The Kier molecular flexibility index (Phi) is 8.79. The van der Waals surface area contributed by atoms with Gasteiger partial charge < -0.3 is 19.4 Å². The van der Waals surface area contributed by atoms with Gasteiger partial charge in [-0.3, -0.25) is 0 Å². The average molecular weight is 544 g/mol. The Morgan fingerprint density at radius 2 is 1.16 bits per heavy atom. The molecule has 0 spiro atoms. The third-order valence-corrected chi connectivity index (χ3v) is 10.00. The molecule has 5 rings (SSSR count). The topological polar surface area (TPSA) is 143 Å². The Balaban J connectivity index is 0.000000586. The second-order valence-corrected chi connectivity index (χ2v) is 12.1. The Morgan fingerprint density at radius 1 is 0.757 bits per heavy atom. The first-order chi connectivity index (χ1) is 17.8. The van der Waals surface area contributed by atoms with E-state index in [2.05, 4.69) is 101 Å². The minimum atomic E-state index is -4.94. The molecule has 0 aliphatic carbocycles. The second-order valence-electron chi connectivity index (χ2n) is 8.05. The Bertz CT molecular complexity index is 1150. The fourth-order valence-corrected chi connectivity index (χ4v) is 8.57. The molecule has 3 aromatic carbocycles. The van der Waals surface area contributed by atoms with Crippen LogP contribution in [0.25, 0.3) is 0 Å². The van der Waals surface area contributed by atoms with E-state index in [0.29, 0.717) is 19.2 Å². The van der Waals surface area contributed by atoms with E-state index in [9.17, 15) is 0 Å². The normalized spacial score (nSPS) is 14.0. The van der Waals surface area contributed by atoms with Crippen LogP contribution in [0.15, 0.2) is 95.4 Å². The van der Waals surface area contributed by atoms with Gasteiger partial charge in [0.05, 0.1) is 13.2 Å². The van der Waals surface area contributed by atoms with Crippen molar-refractivity contribution in [2.75, 3.05) is 43.6 Å². The largest absolute Gasteiger partial charge is 0.403 e. The summed E-state index contributed by atoms with van der Waals surface area (Å²) in [5.74, 6) is 0.836. The molecule has 11 heteroatoms. The highest BCUT2D eigenvalue weighted by molar-refractivity contribution is 8.01. The summed E-state index contributed by atoms with van der Waals surface area (Å²) in [4.78, 5) is 7.37. The lowest BCUT2D eigenvalue weighted by atomic mass is 10.4. The number of ether oxygens (including phenoxy) is 1. The van der Waals surface area contributed by atoms with Crippen molar-refractivity contribution in [2.45, 2.75) is 0 Å². The van der Waals surface area contributed by atoms with Gasteiger partial charge in [-0.05, 0) is 36.4 Å². The number of halogens is 1. The van der Waals surface area contributed by atoms with E-state index in [1.165, 1.54) is 15.9 Å². The van der Waals surface area contributed by atoms with Crippen LogP contribution in [0.5, 0.6) is 0 Å². The van der Waals surface area contributed by atoms with Gasteiger partial charge in [0.15, 0.2) is 7.26 Å². The average Bonchev–Trinajstić information content (AvgIpc) is 3.35. The summed E-state index contributed by atoms with van der Waals surface area (Å²) in [5.41, 5.74) is 0.993. The monoisotopic (exact) mass is 543 g/mol. The van der Waals surface area contributed by atoms with Crippen molar-refractivity contribution in [2.24, 2.45) is 0 Å². The van der Waals surface area contributed by atoms with Crippen LogP contribution in [0.1, 0.15) is 0 Å². The van der Waals surface area contributed by atoms with Crippen molar-refractivity contribution in [1.29, 1.82) is 0 Å². The van der Waals surface area contributed by atoms with Gasteiger partial charge in [0.1, 0.15) is 15.9 Å². The van der Waals surface area contributed by atoms with Gasteiger partial charge in [-0.15, -0.1) is 10.2 Å². The third-order valence-electron chi connectivity index (χ3n) is 5.85. The maximum atomic E-state index is 8.49. The van der Waals surface area contributed by atoms with E-state index >= 15 is 0 Å². The molecule has 1 fully saturated rings. The first-order valence-electron chi connectivity index (χ1n) is 11.5. The fraction of sp³-hybridized carbons (Fsp3) is 0.192. The number of benzene rings is 3. The molecule has 9 nitrogen and oxygen atoms in total. The van der Waals surface area contributed by atoms with Gasteiger partial charge in [0.2, 0.25) is 0 Å². The van der Waals surface area contributed by atoms with Crippen molar-refractivity contribution in [3.63, 3.8) is 0 Å². The summed E-state index contributed by atoms with van der Waals surface area (Å²) in [6, 6.07) is 32.8. The third kappa shape index (κ3) is 6.29. The minimum Gasteiger partial charge on any atom is -0.403 e. The summed E-state index contributed by atoms with van der Waals surface area (Å²) < 4.78 is 45.9. The van der Waals surface area contributed by atoms with Gasteiger partial charge in [0, 0.05) is 20.1 Å². The van der Waals surface area contributed by atoms with E-state index in [-0.39, 0.29) is 0 Å². The van der Waals surface area contributed by atoms with Crippen LogP contribution >= 0.6 is 7.26 Å². The standard InChI is InChI=1S/C26H27N3O2P.ClHO4/c1-27-26-28-24(25(31-26)29-17-19-30-20-18-29)32(21-11-5-2-6-12-21,22-13-7-3-8-14-22)23-15-9-4-10-16-23;2-1(3,4)5/h2-16H,17-20H2,1H3,(H,27,28);(H,2,3,4,5)/q+1;/p-1. The zero-order valence-corrected chi connectivity index (χ0v) is 21.8. The Morgan fingerprint density at radius 3 is 1.54 bits per heavy atom. The van der Waals surface area contributed by atoms with Gasteiger partial charge in [0.25, 0.3) is 17.3 Å². The van der Waals surface area contributed by atoms with E-state index < -0.39 is 17.5 Å². The van der Waals surface area contributed by atoms with Gasteiger partial charge in [-0.25, -0.2) is 18.6 Å². The molecule has 0 unspecified atom stereocenters. The predicted molar refractivity (Wildman–Crippen MR) is 134 cm³/mol. The summed E-state index contributed by atoms with van der Waals surface area (Å²) in [6.45, 7) is 2.93. The van der Waals surface area contributed by atoms with Gasteiger partial charge in [-0.2, -0.15) is 4.98 Å². The molecular weight excluding hydrogens is 517 g/mol. The molecule has 2 heterocycles. The molecule has 0 amide bonds. The number of nitrogens with one attached hydrogen (secondary N) is 1. The molecule has 194 valence electrons. The molecular formula is C26H27ClN3O6P. The molecule has 1 aliphatic rings. The Hall–Kier alpha value is -3.01. The van der Waals surface area contributed by atoms with Crippen molar-refractivity contribution in [3.05, 3.63) is 91.0 Å². The van der Waals surface area contributed by atoms with E-state index in [1.54, 1.807) is 0 Å². The van der Waals surface area contributed by atoms with Gasteiger partial charge >= 0.3 is 0 Å². The van der Waals surface area contributed by atoms with Crippen molar-refractivity contribution in [1.82, 2.24) is 4.98 Å². The number of oxazole rings is 1. The molecule has 0 atom stereocenters. The Labute approximate surface area is 218 Å². The minimum absolute atomic E-state index is 0.536. The number of hydrogen-bond donors (Lipinski definition) is 1. The summed E-state index contributed by atoms with van der Waals surface area (Å²) in [7, 11) is -5.42. The van der Waals surface area contributed by atoms with Crippen LogP contribution in [-0.4, -0.2) is 38.3 Å². The molecule has 4 aromatic rings. The lowest BCUT2D eigenvalue weighted by Gasteiger charge is -2.30. The fourth-order valence-electron chi connectivity index (χ4n) is 4.37. The first kappa shape index (κ1) is 27.0. The van der Waals surface area contributed by atoms with E-state index in [0.717, 1.165) is 24.4 Å². The quantitative estimate of drug-likeness (QED) is 0.285. The molecule has 37 heavy (non-hydrogen) atoms. The second kappa shape index (κ2) is 12.0. The van der Waals surface area contributed by atoms with Crippen LogP contribution < -0.4 is 50.2 Å². The van der Waals surface area contributed by atoms with Crippen LogP contribution in [-0.2, 0) is 4.74 Å². The smallest absolute Gasteiger partial charge is 0.299 e. The zero-order chi connectivity index (χ0) is 26.3. The number of anilines is 2. The molecule has 0 radical (unpaired) electrons. The lowest BCUT2D eigenvalue weighted by molar-refractivity contribution is -2.00. The SMILES string of the molecule is CNc1nc([P+](c2ccccc2)(c2ccccc2)c2ccccc2)c(N2CCOCC2)o1.[O-][Cl+3]([O-])([O-])[O-]. The van der Waals surface area contributed by atoms with E-state index in [4.69, 9.17) is 32.8 Å². The van der Waals surface area contributed by atoms with Crippen LogP contribution in [0.3, 0.4) is 0 Å². The summed E-state index contributed by atoms with van der Waals surface area (Å²) in [6.07, 6.45) is 0. The highest BCUT2D eigenvalue weighted by Gasteiger charge is 2.53. The van der Waals surface area contributed by atoms with Crippen molar-refractivity contribution >= 4 is 40.5 Å². The highest BCUT2D eigenvalue weighted by Crippen LogP contribution is 2.56. The van der Waals surface area contributed by atoms with Crippen LogP contribution in [0, 0.1) is 10.2 Å². The first-order valence-corrected chi connectivity index (χ1v) is 14.6. The maximum Gasteiger partial charge on any atom is 0.299 e. The molecule has 0 bridgehead atoms. The molecule has 1 N–H and O–H groups in total. The summed E-state index contributed by atoms with van der Waals surface area (Å²) >= 11 is 0. The number of nitrogens with zero attached hydrogens (tertiary/aromatic N) is 2. The summed E-state index contributed by atoms with van der Waals surface area (Å²) in [5, 5.41) is 6.89. The molecule has 1 aromatic heterocycles. The number of rotatable bonds is 6. The predicted octanol–water partition coefficient (Wildman–Crippen LogP) is -1.58. The van der Waals surface area contributed by atoms with Crippen molar-refractivity contribution in [3.8, 4) is 0 Å². The molecule has 1 aliphatic heterocycles. The maximum absolute atomic E-state index is 8.49. The van der Waals surface area contributed by atoms with E-state index in [1.807, 2.05) is 7.05 Å². The van der Waals surface area contributed by atoms with Crippen LogP contribution in [0.4, 0.5) is 11.9 Å². The van der Waals surface area contributed by atoms with Gasteiger partial charge in [-0.1, -0.05) is 54.6 Å². The number of morpholine rings is 1. The number of hydrogen-bond acceptors (Lipinski definition) is 9.